The third-order valence-electron chi connectivity index (χ3n) is 4.00. The molecule has 24 heavy (non-hydrogen) atoms. The topological polar surface area (TPSA) is 49.4 Å². The Morgan fingerprint density at radius 1 is 1.17 bits per heavy atom. The van der Waals surface area contributed by atoms with Gasteiger partial charge in [0.15, 0.2) is 0 Å². The number of carbonyl (C=O) groups excluding carboxylic acids is 2. The molecule has 1 N–H and O–H groups in total. The van der Waals surface area contributed by atoms with Gasteiger partial charge in [-0.1, -0.05) is 44.0 Å². The second kappa shape index (κ2) is 7.75. The number of piperidine rings is 1. The van der Waals surface area contributed by atoms with Gasteiger partial charge in [0.25, 0.3) is 5.91 Å². The average Bonchev–Trinajstić information content (AvgIpc) is 2.48. The van der Waals surface area contributed by atoms with Crippen molar-refractivity contribution >= 4 is 35.0 Å². The molecule has 1 saturated heterocycles. The first-order valence-corrected chi connectivity index (χ1v) is 8.95. The highest BCUT2D eigenvalue weighted by atomic mass is 35.5. The van der Waals surface area contributed by atoms with Gasteiger partial charge in [-0.2, -0.15) is 0 Å². The SMILES string of the molecule is CC(C)(C)CC(=O)NC1CCN(C(=O)c2ccc(Cl)c(Cl)c2)CC1. The van der Waals surface area contributed by atoms with Gasteiger partial charge >= 0.3 is 0 Å². The number of carbonyl (C=O) groups is 2. The molecule has 0 aromatic heterocycles. The van der Waals surface area contributed by atoms with Crippen LogP contribution in [0.3, 0.4) is 0 Å². The van der Waals surface area contributed by atoms with E-state index < -0.39 is 0 Å². The van der Waals surface area contributed by atoms with Crippen molar-refractivity contribution in [1.29, 1.82) is 0 Å². The van der Waals surface area contributed by atoms with Crippen LogP contribution in [0.25, 0.3) is 0 Å². The first-order chi connectivity index (χ1) is 11.2. The van der Waals surface area contributed by atoms with E-state index in [4.69, 9.17) is 23.2 Å². The normalized spacial score (nSPS) is 16.1. The van der Waals surface area contributed by atoms with Crippen LogP contribution in [0, 0.1) is 5.41 Å². The molecular weight excluding hydrogens is 347 g/mol. The lowest BCUT2D eigenvalue weighted by Gasteiger charge is -2.33. The van der Waals surface area contributed by atoms with E-state index >= 15 is 0 Å². The zero-order valence-electron chi connectivity index (χ0n) is 14.4. The maximum atomic E-state index is 12.5. The summed E-state index contributed by atoms with van der Waals surface area (Å²) in [6, 6.07) is 5.06. The minimum atomic E-state index is -0.0481. The lowest BCUT2D eigenvalue weighted by Crippen LogP contribution is -2.47. The van der Waals surface area contributed by atoms with Crippen LogP contribution in [0.2, 0.25) is 10.0 Å². The van der Waals surface area contributed by atoms with E-state index in [9.17, 15) is 9.59 Å². The summed E-state index contributed by atoms with van der Waals surface area (Å²) >= 11 is 11.9. The zero-order chi connectivity index (χ0) is 17.9. The van der Waals surface area contributed by atoms with Gasteiger partial charge in [0.2, 0.25) is 5.91 Å². The van der Waals surface area contributed by atoms with E-state index in [-0.39, 0.29) is 23.3 Å². The molecule has 1 aliphatic heterocycles. The summed E-state index contributed by atoms with van der Waals surface area (Å²) in [6.07, 6.45) is 2.04. The van der Waals surface area contributed by atoms with E-state index in [1.165, 1.54) is 0 Å². The second-order valence-corrected chi connectivity index (χ2v) is 8.31. The molecule has 1 aromatic rings. The van der Waals surface area contributed by atoms with Gasteiger partial charge in [-0.3, -0.25) is 9.59 Å². The van der Waals surface area contributed by atoms with Crippen LogP contribution >= 0.6 is 23.2 Å². The average molecular weight is 371 g/mol. The van der Waals surface area contributed by atoms with Crippen LogP contribution in [-0.4, -0.2) is 35.8 Å². The number of amides is 2. The van der Waals surface area contributed by atoms with Crippen molar-refractivity contribution in [2.24, 2.45) is 5.41 Å². The maximum Gasteiger partial charge on any atom is 0.253 e. The number of hydrogen-bond acceptors (Lipinski definition) is 2. The number of hydrogen-bond donors (Lipinski definition) is 1. The molecule has 1 fully saturated rings. The van der Waals surface area contributed by atoms with Crippen LogP contribution in [-0.2, 0) is 4.79 Å². The molecule has 132 valence electrons. The fraction of sp³-hybridized carbons (Fsp3) is 0.556. The highest BCUT2D eigenvalue weighted by Gasteiger charge is 2.26. The van der Waals surface area contributed by atoms with Gasteiger partial charge in [-0.25, -0.2) is 0 Å². The summed E-state index contributed by atoms with van der Waals surface area (Å²) in [7, 11) is 0. The minimum absolute atomic E-state index is 0.0192. The highest BCUT2D eigenvalue weighted by molar-refractivity contribution is 6.42. The van der Waals surface area contributed by atoms with E-state index in [0.29, 0.717) is 35.1 Å². The number of benzene rings is 1. The quantitative estimate of drug-likeness (QED) is 0.868. The molecule has 0 aliphatic carbocycles. The van der Waals surface area contributed by atoms with Gasteiger partial charge in [0.05, 0.1) is 10.0 Å². The summed E-state index contributed by atoms with van der Waals surface area (Å²) < 4.78 is 0. The van der Waals surface area contributed by atoms with E-state index in [1.807, 2.05) is 20.8 Å². The Hall–Kier alpha value is -1.26. The van der Waals surface area contributed by atoms with Gasteiger partial charge < -0.3 is 10.2 Å². The molecule has 1 heterocycles. The third kappa shape index (κ3) is 5.38. The van der Waals surface area contributed by atoms with E-state index in [2.05, 4.69) is 5.32 Å². The zero-order valence-corrected chi connectivity index (χ0v) is 15.9. The molecule has 0 atom stereocenters. The Kier molecular flexibility index (Phi) is 6.16. The standard InChI is InChI=1S/C18H24Cl2N2O2/c1-18(2,3)11-16(23)21-13-6-8-22(9-7-13)17(24)12-4-5-14(19)15(20)10-12/h4-5,10,13H,6-9,11H2,1-3H3,(H,21,23). The molecule has 2 rings (SSSR count). The Morgan fingerprint density at radius 2 is 1.79 bits per heavy atom. The Bertz CT molecular complexity index is 618. The molecule has 0 saturated carbocycles. The largest absolute Gasteiger partial charge is 0.353 e. The fourth-order valence-corrected chi connectivity index (χ4v) is 3.10. The lowest BCUT2D eigenvalue weighted by molar-refractivity contribution is -0.123. The van der Waals surface area contributed by atoms with Crippen LogP contribution in [0.15, 0.2) is 18.2 Å². The van der Waals surface area contributed by atoms with Crippen molar-refractivity contribution in [3.05, 3.63) is 33.8 Å². The van der Waals surface area contributed by atoms with Gasteiger partial charge in [0.1, 0.15) is 0 Å². The minimum Gasteiger partial charge on any atom is -0.353 e. The fourth-order valence-electron chi connectivity index (χ4n) is 2.80. The molecule has 4 nitrogen and oxygen atoms in total. The molecule has 0 radical (unpaired) electrons. The molecule has 0 bridgehead atoms. The molecule has 1 aliphatic rings. The smallest absolute Gasteiger partial charge is 0.253 e. The first-order valence-electron chi connectivity index (χ1n) is 8.19. The van der Waals surface area contributed by atoms with Gasteiger partial charge in [-0.05, 0) is 36.5 Å². The number of rotatable bonds is 3. The van der Waals surface area contributed by atoms with E-state index in [0.717, 1.165) is 12.8 Å². The summed E-state index contributed by atoms with van der Waals surface area (Å²) in [5.41, 5.74) is 0.522. The van der Waals surface area contributed by atoms with Crippen molar-refractivity contribution in [3.8, 4) is 0 Å². The Balaban J connectivity index is 1.87. The number of nitrogens with zero attached hydrogens (tertiary/aromatic N) is 1. The lowest BCUT2D eigenvalue weighted by atomic mass is 9.91. The number of halogens is 2. The summed E-state index contributed by atoms with van der Waals surface area (Å²) in [5.74, 6) is 0.0322. The van der Waals surface area contributed by atoms with Gasteiger partial charge in [0, 0.05) is 31.1 Å². The molecule has 2 amide bonds. The van der Waals surface area contributed by atoms with Crippen molar-refractivity contribution in [2.75, 3.05) is 13.1 Å². The Labute approximate surface area is 153 Å². The first kappa shape index (κ1) is 19.1. The number of likely N-dealkylation sites (tertiary alicyclic amines) is 1. The maximum absolute atomic E-state index is 12.5. The third-order valence-corrected chi connectivity index (χ3v) is 4.74. The van der Waals surface area contributed by atoms with Crippen molar-refractivity contribution in [3.63, 3.8) is 0 Å². The monoisotopic (exact) mass is 370 g/mol. The molecule has 6 heteroatoms. The van der Waals surface area contributed by atoms with Gasteiger partial charge in [-0.15, -0.1) is 0 Å². The summed E-state index contributed by atoms with van der Waals surface area (Å²) in [6.45, 7) is 7.39. The molecular formula is C18H24Cl2N2O2. The van der Waals surface area contributed by atoms with Crippen LogP contribution < -0.4 is 5.32 Å². The summed E-state index contributed by atoms with van der Waals surface area (Å²) in [4.78, 5) is 26.3. The van der Waals surface area contributed by atoms with Crippen LogP contribution in [0.4, 0.5) is 0 Å². The van der Waals surface area contributed by atoms with Crippen LogP contribution in [0.1, 0.15) is 50.4 Å². The molecule has 1 aromatic carbocycles. The summed E-state index contributed by atoms with van der Waals surface area (Å²) in [5, 5.41) is 3.90. The molecule has 0 spiro atoms. The number of nitrogens with one attached hydrogen (secondary N) is 1. The molecule has 0 unspecified atom stereocenters. The predicted molar refractivity (Wildman–Crippen MR) is 97.6 cm³/mol. The van der Waals surface area contributed by atoms with E-state index in [1.54, 1.807) is 23.1 Å². The van der Waals surface area contributed by atoms with Crippen molar-refractivity contribution in [2.45, 2.75) is 46.1 Å². The second-order valence-electron chi connectivity index (χ2n) is 7.50. The van der Waals surface area contributed by atoms with Crippen molar-refractivity contribution in [1.82, 2.24) is 10.2 Å². The van der Waals surface area contributed by atoms with Crippen molar-refractivity contribution < 1.29 is 9.59 Å². The van der Waals surface area contributed by atoms with Crippen LogP contribution in [0.5, 0.6) is 0 Å². The predicted octanol–water partition coefficient (Wildman–Crippen LogP) is 4.15. The Morgan fingerprint density at radius 3 is 2.33 bits per heavy atom. The highest BCUT2D eigenvalue weighted by Crippen LogP contribution is 2.24.